The molecule has 0 aromatic rings. The van der Waals surface area contributed by atoms with E-state index >= 15 is 0 Å². The monoisotopic (exact) mass is 362 g/mol. The lowest BCUT2D eigenvalue weighted by Gasteiger charge is -2.82. The fourth-order valence-corrected chi connectivity index (χ4v) is 8.08. The van der Waals surface area contributed by atoms with E-state index in [4.69, 9.17) is 14.2 Å². The van der Waals surface area contributed by atoms with Gasteiger partial charge in [0.2, 0.25) is 5.78 Å². The van der Waals surface area contributed by atoms with Gasteiger partial charge in [-0.05, 0) is 37.7 Å². The maximum atomic E-state index is 13.8. The van der Waals surface area contributed by atoms with Gasteiger partial charge in [-0.3, -0.25) is 4.79 Å². The Kier molecular flexibility index (Phi) is 3.13. The zero-order chi connectivity index (χ0) is 18.7. The van der Waals surface area contributed by atoms with Gasteiger partial charge >= 0.3 is 0 Å². The molecule has 4 aliphatic carbocycles. The molecule has 5 aliphatic rings. The van der Waals surface area contributed by atoms with E-state index in [1.807, 2.05) is 0 Å². The number of rotatable bonds is 2. The lowest BCUT2D eigenvalue weighted by atomic mass is 9.23. The van der Waals surface area contributed by atoms with Crippen LogP contribution in [0.25, 0.3) is 0 Å². The fraction of sp³-hybridized carbons (Fsp3) is 0.857. The third-order valence-electron chi connectivity index (χ3n) is 9.42. The molecule has 5 heteroatoms. The Morgan fingerprint density at radius 3 is 2.58 bits per heavy atom. The van der Waals surface area contributed by atoms with Gasteiger partial charge in [0.1, 0.15) is 0 Å². The van der Waals surface area contributed by atoms with E-state index in [1.54, 1.807) is 14.2 Å². The lowest BCUT2D eigenvalue weighted by Crippen LogP contribution is -2.86. The van der Waals surface area contributed by atoms with E-state index in [2.05, 4.69) is 20.8 Å². The summed E-state index contributed by atoms with van der Waals surface area (Å²) in [5, 5.41) is 11.7. The predicted molar refractivity (Wildman–Crippen MR) is 94.3 cm³/mol. The summed E-state index contributed by atoms with van der Waals surface area (Å²) in [7, 11) is 3.29. The van der Waals surface area contributed by atoms with Crippen LogP contribution in [-0.4, -0.2) is 49.5 Å². The Balaban J connectivity index is 1.84. The van der Waals surface area contributed by atoms with Crippen molar-refractivity contribution < 1.29 is 24.1 Å². The highest BCUT2D eigenvalue weighted by Gasteiger charge is 2.87. The second-order valence-electron chi connectivity index (χ2n) is 9.66. The highest BCUT2D eigenvalue weighted by atomic mass is 16.5. The maximum Gasteiger partial charge on any atom is 0.206 e. The molecule has 0 bridgehead atoms. The standard InChI is InChI=1S/C21H30O5/c1-11-6-7-20(23)10-21-12-9-26-13(12)8-14(24-4)18(21,2)17(22)16(25-5)15(11)19(20,21)3/h11-14,23H,6-10H2,1-5H3. The third kappa shape index (κ3) is 1.36. The number of hydrogen-bond donors (Lipinski definition) is 1. The number of ketones is 1. The van der Waals surface area contributed by atoms with E-state index in [0.29, 0.717) is 24.7 Å². The molecule has 5 nitrogen and oxygen atoms in total. The van der Waals surface area contributed by atoms with Gasteiger partial charge in [-0.1, -0.05) is 13.8 Å². The minimum absolute atomic E-state index is 0.0699. The van der Waals surface area contributed by atoms with Crippen molar-refractivity contribution in [2.75, 3.05) is 20.8 Å². The zero-order valence-electron chi connectivity index (χ0n) is 16.4. The van der Waals surface area contributed by atoms with Crippen LogP contribution in [0.15, 0.2) is 11.3 Å². The molecule has 1 saturated heterocycles. The van der Waals surface area contributed by atoms with E-state index < -0.39 is 16.4 Å². The lowest BCUT2D eigenvalue weighted by molar-refractivity contribution is -0.385. The largest absolute Gasteiger partial charge is 0.493 e. The van der Waals surface area contributed by atoms with Crippen LogP contribution in [0.3, 0.4) is 0 Å². The first-order valence-electron chi connectivity index (χ1n) is 9.93. The first-order chi connectivity index (χ1) is 12.2. The van der Waals surface area contributed by atoms with E-state index in [-0.39, 0.29) is 29.3 Å². The summed E-state index contributed by atoms with van der Waals surface area (Å²) in [5.41, 5.74) is -1.20. The molecule has 3 saturated carbocycles. The number of fused-ring (bicyclic) bond motifs is 1. The number of ether oxygens (including phenoxy) is 3. The smallest absolute Gasteiger partial charge is 0.206 e. The van der Waals surface area contributed by atoms with Gasteiger partial charge in [-0.25, -0.2) is 0 Å². The molecule has 1 spiro atoms. The fourth-order valence-electron chi connectivity index (χ4n) is 8.08. The highest BCUT2D eigenvalue weighted by molar-refractivity contribution is 6.02. The Labute approximate surface area is 155 Å². The summed E-state index contributed by atoms with van der Waals surface area (Å²) in [6.45, 7) is 7.11. The summed E-state index contributed by atoms with van der Waals surface area (Å²) in [5.74, 6) is 1.09. The average Bonchev–Trinajstić information content (AvgIpc) is 2.58. The van der Waals surface area contributed by atoms with Gasteiger partial charge in [-0.2, -0.15) is 0 Å². The second kappa shape index (κ2) is 4.73. The minimum Gasteiger partial charge on any atom is -0.493 e. The van der Waals surface area contributed by atoms with Crippen molar-refractivity contribution in [3.05, 3.63) is 11.3 Å². The summed E-state index contributed by atoms with van der Waals surface area (Å²) < 4.78 is 17.5. The van der Waals surface area contributed by atoms with Gasteiger partial charge in [0.15, 0.2) is 5.76 Å². The SMILES string of the molecule is COC1=C2C(C)CCC3(O)CC4(C5COC5CC(OC)C4(C)C1=O)C23C. The van der Waals surface area contributed by atoms with Gasteiger partial charge < -0.3 is 19.3 Å². The summed E-state index contributed by atoms with van der Waals surface area (Å²) >= 11 is 0. The molecular formula is C21H30O5. The number of carbonyl (C=O) groups excluding carboxylic acids is 1. The summed E-state index contributed by atoms with van der Waals surface area (Å²) in [4.78, 5) is 13.8. The Morgan fingerprint density at radius 2 is 2.00 bits per heavy atom. The number of aliphatic hydroxyl groups is 1. The predicted octanol–water partition coefficient (Wildman–Crippen LogP) is 2.47. The van der Waals surface area contributed by atoms with E-state index in [9.17, 15) is 9.90 Å². The molecule has 0 radical (unpaired) electrons. The van der Waals surface area contributed by atoms with Gasteiger partial charge in [0.25, 0.3) is 0 Å². The molecule has 1 heterocycles. The van der Waals surface area contributed by atoms with E-state index in [0.717, 1.165) is 24.8 Å². The van der Waals surface area contributed by atoms with Crippen molar-refractivity contribution >= 4 is 5.78 Å². The second-order valence-corrected chi connectivity index (χ2v) is 9.66. The first-order valence-corrected chi connectivity index (χ1v) is 9.93. The summed E-state index contributed by atoms with van der Waals surface area (Å²) in [6.07, 6.45) is 2.99. The highest BCUT2D eigenvalue weighted by Crippen LogP contribution is 2.84. The number of Topliss-reactive ketones (excluding diaryl/α,β-unsaturated/α-hetero) is 1. The molecule has 0 aromatic carbocycles. The molecule has 5 rings (SSSR count). The molecule has 4 fully saturated rings. The average molecular weight is 362 g/mol. The van der Waals surface area contributed by atoms with E-state index in [1.165, 1.54) is 0 Å². The van der Waals surface area contributed by atoms with Crippen LogP contribution in [0.4, 0.5) is 0 Å². The minimum atomic E-state index is -0.768. The first kappa shape index (κ1) is 17.2. The van der Waals surface area contributed by atoms with Gasteiger partial charge in [-0.15, -0.1) is 0 Å². The van der Waals surface area contributed by atoms with Crippen LogP contribution >= 0.6 is 0 Å². The number of allylic oxidation sites excluding steroid dienone is 1. The molecule has 1 N–H and O–H groups in total. The van der Waals surface area contributed by atoms with Crippen LogP contribution < -0.4 is 0 Å². The van der Waals surface area contributed by atoms with Crippen LogP contribution in [0.2, 0.25) is 0 Å². The van der Waals surface area contributed by atoms with Crippen LogP contribution in [0.1, 0.15) is 46.5 Å². The van der Waals surface area contributed by atoms with Crippen LogP contribution in [0, 0.1) is 28.1 Å². The van der Waals surface area contributed by atoms with Crippen molar-refractivity contribution in [3.63, 3.8) is 0 Å². The molecule has 144 valence electrons. The molecular weight excluding hydrogens is 332 g/mol. The number of methoxy groups -OCH3 is 2. The van der Waals surface area contributed by atoms with Crippen molar-refractivity contribution in [1.29, 1.82) is 0 Å². The molecule has 1 aliphatic heterocycles. The maximum absolute atomic E-state index is 13.8. The Hall–Kier alpha value is -0.910. The van der Waals surface area contributed by atoms with Gasteiger partial charge in [0.05, 0.1) is 36.9 Å². The molecule has 26 heavy (non-hydrogen) atoms. The molecule has 0 amide bonds. The number of carbonyl (C=O) groups is 1. The molecule has 0 aromatic heterocycles. The van der Waals surface area contributed by atoms with Crippen molar-refractivity contribution in [3.8, 4) is 0 Å². The third-order valence-corrected chi connectivity index (χ3v) is 9.42. The quantitative estimate of drug-likeness (QED) is 0.817. The Morgan fingerprint density at radius 1 is 1.27 bits per heavy atom. The Bertz CT molecular complexity index is 730. The zero-order valence-corrected chi connectivity index (χ0v) is 16.4. The number of hydrogen-bond acceptors (Lipinski definition) is 5. The van der Waals surface area contributed by atoms with Crippen molar-refractivity contribution in [2.24, 2.45) is 28.1 Å². The summed E-state index contributed by atoms with van der Waals surface area (Å²) in [6, 6.07) is 0. The van der Waals surface area contributed by atoms with Crippen LogP contribution in [-0.2, 0) is 19.0 Å². The molecule has 8 unspecified atom stereocenters. The van der Waals surface area contributed by atoms with Crippen LogP contribution in [0.5, 0.6) is 0 Å². The molecule has 8 atom stereocenters. The van der Waals surface area contributed by atoms with Crippen molar-refractivity contribution in [2.45, 2.75) is 64.3 Å². The van der Waals surface area contributed by atoms with Crippen molar-refractivity contribution in [1.82, 2.24) is 0 Å². The van der Waals surface area contributed by atoms with Gasteiger partial charge in [0, 0.05) is 30.3 Å². The normalized spacial score (nSPS) is 57.4. The topological polar surface area (TPSA) is 65.0 Å².